The highest BCUT2D eigenvalue weighted by Crippen LogP contribution is 2.31. The second-order valence-corrected chi connectivity index (χ2v) is 8.83. The number of aryl methyl sites for hydroxylation is 1. The molecule has 2 aromatic carbocycles. The van der Waals surface area contributed by atoms with E-state index in [9.17, 15) is 13.2 Å². The number of ether oxygens (including phenoxy) is 1. The maximum Gasteiger partial charge on any atom is 0.252 e. The molecular weight excluding hydrogens is 404 g/mol. The van der Waals surface area contributed by atoms with Crippen molar-refractivity contribution in [2.24, 2.45) is 7.05 Å². The molecule has 2 N–H and O–H groups in total. The normalized spacial score (nSPS) is 15.6. The van der Waals surface area contributed by atoms with Crippen molar-refractivity contribution in [3.05, 3.63) is 77.6 Å². The highest BCUT2D eigenvalue weighted by Gasteiger charge is 2.29. The number of carbonyl (C=O) groups excluding carboxylic acids is 1. The van der Waals surface area contributed by atoms with Crippen LogP contribution >= 0.6 is 0 Å². The molecule has 1 atom stereocenters. The van der Waals surface area contributed by atoms with Crippen molar-refractivity contribution in [1.82, 2.24) is 19.8 Å². The molecule has 4 rings (SSSR count). The van der Waals surface area contributed by atoms with E-state index < -0.39 is 10.0 Å². The van der Waals surface area contributed by atoms with Gasteiger partial charge < -0.3 is 10.1 Å². The fraction of sp³-hybridized carbons (Fsp3) is 0.238. The monoisotopic (exact) mass is 426 g/mol. The lowest BCUT2D eigenvalue weighted by Gasteiger charge is -2.13. The van der Waals surface area contributed by atoms with Crippen LogP contribution in [0.3, 0.4) is 0 Å². The molecule has 1 aliphatic rings. The molecule has 30 heavy (non-hydrogen) atoms. The summed E-state index contributed by atoms with van der Waals surface area (Å²) in [5, 5.41) is 6.88. The first kappa shape index (κ1) is 20.1. The zero-order chi connectivity index (χ0) is 21.1. The average Bonchev–Trinajstić information content (AvgIpc) is 3.30. The van der Waals surface area contributed by atoms with E-state index in [1.165, 1.54) is 17.1 Å². The third-order valence-electron chi connectivity index (χ3n) is 4.89. The highest BCUT2D eigenvalue weighted by atomic mass is 32.2. The second-order valence-electron chi connectivity index (χ2n) is 7.06. The first-order chi connectivity index (χ1) is 14.4. The zero-order valence-corrected chi connectivity index (χ0v) is 17.2. The molecule has 8 nitrogen and oxygen atoms in total. The van der Waals surface area contributed by atoms with Gasteiger partial charge in [-0.1, -0.05) is 30.3 Å². The van der Waals surface area contributed by atoms with Crippen LogP contribution in [0.5, 0.6) is 5.75 Å². The summed E-state index contributed by atoms with van der Waals surface area (Å²) in [5.74, 6) is 0.491. The van der Waals surface area contributed by atoms with Crippen molar-refractivity contribution in [3.63, 3.8) is 0 Å². The van der Waals surface area contributed by atoms with E-state index in [1.54, 1.807) is 19.2 Å². The first-order valence-corrected chi connectivity index (χ1v) is 11.0. The lowest BCUT2D eigenvalue weighted by molar-refractivity contribution is 0.0956. The van der Waals surface area contributed by atoms with Crippen molar-refractivity contribution >= 4 is 15.9 Å². The summed E-state index contributed by atoms with van der Waals surface area (Å²) in [6.07, 6.45) is 3.41. The molecular formula is C21H22N4O4S. The quantitative estimate of drug-likeness (QED) is 0.535. The minimum Gasteiger partial charge on any atom is -0.492 e. The van der Waals surface area contributed by atoms with Gasteiger partial charge in [0, 0.05) is 25.4 Å². The predicted molar refractivity (Wildman–Crippen MR) is 111 cm³/mol. The molecule has 2 heterocycles. The van der Waals surface area contributed by atoms with Gasteiger partial charge in [-0.05, 0) is 35.7 Å². The van der Waals surface area contributed by atoms with Crippen molar-refractivity contribution in [2.75, 3.05) is 13.2 Å². The van der Waals surface area contributed by atoms with Crippen molar-refractivity contribution in [2.45, 2.75) is 17.4 Å². The summed E-state index contributed by atoms with van der Waals surface area (Å²) < 4.78 is 34.0. The number of sulfonamides is 1. The number of hydrogen-bond acceptors (Lipinski definition) is 5. The summed E-state index contributed by atoms with van der Waals surface area (Å²) >= 11 is 0. The number of benzene rings is 2. The third kappa shape index (κ3) is 4.37. The summed E-state index contributed by atoms with van der Waals surface area (Å²) in [6.45, 7) is 0.266. The zero-order valence-electron chi connectivity index (χ0n) is 16.4. The van der Waals surface area contributed by atoms with E-state index in [1.807, 2.05) is 36.4 Å². The Balaban J connectivity index is 1.38. The van der Waals surface area contributed by atoms with Gasteiger partial charge in [-0.25, -0.2) is 13.1 Å². The van der Waals surface area contributed by atoms with Crippen LogP contribution in [0.15, 0.2) is 65.8 Å². The van der Waals surface area contributed by atoms with Crippen LogP contribution in [-0.2, 0) is 23.5 Å². The van der Waals surface area contributed by atoms with E-state index >= 15 is 0 Å². The summed E-state index contributed by atoms with van der Waals surface area (Å²) in [7, 11) is -1.97. The highest BCUT2D eigenvalue weighted by molar-refractivity contribution is 7.89. The van der Waals surface area contributed by atoms with Crippen LogP contribution in [0, 0.1) is 0 Å². The smallest absolute Gasteiger partial charge is 0.252 e. The van der Waals surface area contributed by atoms with Crippen molar-refractivity contribution < 1.29 is 17.9 Å². The number of nitrogens with one attached hydrogen (secondary N) is 2. The molecule has 0 aliphatic carbocycles. The molecule has 0 spiro atoms. The molecule has 156 valence electrons. The number of nitrogens with zero attached hydrogens (tertiary/aromatic N) is 2. The van der Waals surface area contributed by atoms with Crippen LogP contribution in [0.25, 0.3) is 0 Å². The van der Waals surface area contributed by atoms with E-state index in [0.29, 0.717) is 17.7 Å². The van der Waals surface area contributed by atoms with Gasteiger partial charge in [-0.3, -0.25) is 9.48 Å². The van der Waals surface area contributed by atoms with Crippen LogP contribution in [-0.4, -0.2) is 37.3 Å². The third-order valence-corrected chi connectivity index (χ3v) is 6.30. The Hall–Kier alpha value is -3.17. The van der Waals surface area contributed by atoms with Gasteiger partial charge in [0.25, 0.3) is 5.91 Å². The number of amides is 1. The molecule has 1 aromatic heterocycles. The summed E-state index contributed by atoms with van der Waals surface area (Å²) in [6, 6.07) is 15.1. The SMILES string of the molecule is Cn1cc(S(=O)(=O)NCCOc2ccc3c(c2)C(Cc2ccccc2)NC3=O)cn1. The molecule has 0 fully saturated rings. The van der Waals surface area contributed by atoms with Crippen LogP contribution in [0.1, 0.15) is 27.5 Å². The topological polar surface area (TPSA) is 102 Å². The maximum absolute atomic E-state index is 12.2. The fourth-order valence-electron chi connectivity index (χ4n) is 3.42. The van der Waals surface area contributed by atoms with Gasteiger partial charge >= 0.3 is 0 Å². The van der Waals surface area contributed by atoms with Gasteiger partial charge in [0.15, 0.2) is 0 Å². The van der Waals surface area contributed by atoms with Gasteiger partial charge in [0.2, 0.25) is 10.0 Å². The number of rotatable bonds is 8. The van der Waals surface area contributed by atoms with Crippen LogP contribution < -0.4 is 14.8 Å². The number of aromatic nitrogens is 2. The first-order valence-electron chi connectivity index (χ1n) is 9.52. The molecule has 0 bridgehead atoms. The average molecular weight is 426 g/mol. The standard InChI is InChI=1S/C21H22N4O4S/c1-25-14-17(13-22-25)30(27,28)23-9-10-29-16-7-8-18-19(12-16)20(24-21(18)26)11-15-5-3-2-4-6-15/h2-8,12-14,20,23H,9-11H2,1H3,(H,24,26). The molecule has 1 unspecified atom stereocenters. The molecule has 3 aromatic rings. The number of hydrogen-bond donors (Lipinski definition) is 2. The molecule has 0 saturated carbocycles. The summed E-state index contributed by atoms with van der Waals surface area (Å²) in [5.41, 5.74) is 2.66. The predicted octanol–water partition coefficient (Wildman–Crippen LogP) is 1.80. The van der Waals surface area contributed by atoms with Gasteiger partial charge in [0.1, 0.15) is 17.3 Å². The molecule has 0 radical (unpaired) electrons. The number of carbonyl (C=O) groups is 1. The Morgan fingerprint density at radius 1 is 1.20 bits per heavy atom. The van der Waals surface area contributed by atoms with Crippen LogP contribution in [0.4, 0.5) is 0 Å². The lowest BCUT2D eigenvalue weighted by Crippen LogP contribution is -2.28. The Kier molecular flexibility index (Phi) is 5.56. The number of fused-ring (bicyclic) bond motifs is 1. The molecule has 1 amide bonds. The van der Waals surface area contributed by atoms with Gasteiger partial charge in [0.05, 0.1) is 12.2 Å². The minimum atomic E-state index is -3.62. The Morgan fingerprint density at radius 3 is 2.73 bits per heavy atom. The van der Waals surface area contributed by atoms with Gasteiger partial charge in [-0.15, -0.1) is 0 Å². The molecule has 0 saturated heterocycles. The largest absolute Gasteiger partial charge is 0.492 e. The Bertz CT molecular complexity index is 1160. The van der Waals surface area contributed by atoms with E-state index in [2.05, 4.69) is 15.1 Å². The molecule has 1 aliphatic heterocycles. The molecule has 9 heteroatoms. The van der Waals surface area contributed by atoms with Crippen molar-refractivity contribution in [3.8, 4) is 5.75 Å². The second kappa shape index (κ2) is 8.29. The van der Waals surface area contributed by atoms with E-state index in [0.717, 1.165) is 11.1 Å². The Labute approximate surface area is 174 Å². The van der Waals surface area contributed by atoms with E-state index in [4.69, 9.17) is 4.74 Å². The maximum atomic E-state index is 12.2. The van der Waals surface area contributed by atoms with Crippen LogP contribution in [0.2, 0.25) is 0 Å². The fourth-order valence-corrected chi connectivity index (χ4v) is 4.41. The minimum absolute atomic E-state index is 0.0956. The van der Waals surface area contributed by atoms with E-state index in [-0.39, 0.29) is 30.0 Å². The van der Waals surface area contributed by atoms with Crippen molar-refractivity contribution in [1.29, 1.82) is 0 Å². The Morgan fingerprint density at radius 2 is 2.00 bits per heavy atom. The van der Waals surface area contributed by atoms with Gasteiger partial charge in [-0.2, -0.15) is 5.10 Å². The lowest BCUT2D eigenvalue weighted by atomic mass is 9.98. The summed E-state index contributed by atoms with van der Waals surface area (Å²) in [4.78, 5) is 12.4.